The van der Waals surface area contributed by atoms with Gasteiger partial charge in [-0.25, -0.2) is 9.98 Å². The number of aromatic nitrogens is 1. The van der Waals surface area contributed by atoms with Gasteiger partial charge in [0.2, 0.25) is 5.88 Å². The average molecular weight is 368 g/mol. The lowest BCUT2D eigenvalue weighted by Crippen LogP contribution is -2.16. The van der Waals surface area contributed by atoms with Crippen molar-refractivity contribution in [3.8, 4) is 5.88 Å². The maximum Gasteiger partial charge on any atom is 0.228 e. The van der Waals surface area contributed by atoms with E-state index in [0.717, 1.165) is 41.7 Å². The Balaban J connectivity index is 2.88. The maximum atomic E-state index is 6.01. The minimum atomic E-state index is 0.154. The second kappa shape index (κ2) is 9.62. The van der Waals surface area contributed by atoms with Crippen molar-refractivity contribution >= 4 is 28.0 Å². The summed E-state index contributed by atoms with van der Waals surface area (Å²) in [6.07, 6.45) is 6.73. The highest BCUT2D eigenvalue weighted by molar-refractivity contribution is 9.10. The number of aliphatic imine (C=N–C) groups is 1. The molecule has 122 valence electrons. The molecule has 0 amide bonds. The Hall–Kier alpha value is -1.36. The van der Waals surface area contributed by atoms with Crippen molar-refractivity contribution in [2.24, 2.45) is 4.99 Å². The molecular formula is C17H26BrN3O. The Morgan fingerprint density at radius 2 is 2.23 bits per heavy atom. The first-order valence-corrected chi connectivity index (χ1v) is 8.50. The molecule has 1 heterocycles. The Morgan fingerprint density at radius 3 is 2.82 bits per heavy atom. The summed E-state index contributed by atoms with van der Waals surface area (Å²) in [5.74, 6) is 0.635. The Morgan fingerprint density at radius 1 is 1.50 bits per heavy atom. The van der Waals surface area contributed by atoms with Gasteiger partial charge >= 0.3 is 0 Å². The number of halogens is 1. The first-order chi connectivity index (χ1) is 10.5. The Labute approximate surface area is 142 Å². The molecule has 1 aromatic rings. The zero-order valence-electron chi connectivity index (χ0n) is 14.0. The quantitative estimate of drug-likeness (QED) is 0.354. The number of pyridine rings is 1. The monoisotopic (exact) mass is 367 g/mol. The summed E-state index contributed by atoms with van der Waals surface area (Å²) >= 11 is 3.54. The lowest BCUT2D eigenvalue weighted by Gasteiger charge is -2.18. The molecule has 0 aromatic carbocycles. The minimum Gasteiger partial charge on any atom is -0.474 e. The van der Waals surface area contributed by atoms with E-state index in [-0.39, 0.29) is 6.10 Å². The van der Waals surface area contributed by atoms with Crippen molar-refractivity contribution in [1.82, 2.24) is 9.88 Å². The molecule has 0 aliphatic rings. The highest BCUT2D eigenvalue weighted by Crippen LogP contribution is 2.31. The van der Waals surface area contributed by atoms with Gasteiger partial charge < -0.3 is 9.64 Å². The number of ether oxygens (including phenoxy) is 1. The predicted molar refractivity (Wildman–Crippen MR) is 97.3 cm³/mol. The van der Waals surface area contributed by atoms with Crippen LogP contribution in [-0.2, 0) is 0 Å². The second-order valence-electron chi connectivity index (χ2n) is 5.21. The van der Waals surface area contributed by atoms with Crippen molar-refractivity contribution in [2.75, 3.05) is 13.6 Å². The van der Waals surface area contributed by atoms with Crippen LogP contribution in [0.3, 0.4) is 0 Å². The third-order valence-electron chi connectivity index (χ3n) is 3.43. The first-order valence-electron chi connectivity index (χ1n) is 7.70. The lowest BCUT2D eigenvalue weighted by atomic mass is 10.1. The molecule has 1 unspecified atom stereocenters. The molecule has 0 spiro atoms. The van der Waals surface area contributed by atoms with Crippen molar-refractivity contribution in [3.63, 3.8) is 0 Å². The van der Waals surface area contributed by atoms with Crippen LogP contribution in [0.15, 0.2) is 28.2 Å². The third-order valence-corrected chi connectivity index (χ3v) is 3.99. The van der Waals surface area contributed by atoms with Gasteiger partial charge in [0.25, 0.3) is 0 Å². The molecule has 1 atom stereocenters. The molecular weight excluding hydrogens is 342 g/mol. The minimum absolute atomic E-state index is 0.154. The third kappa shape index (κ3) is 5.79. The van der Waals surface area contributed by atoms with E-state index < -0.39 is 0 Å². The van der Waals surface area contributed by atoms with Gasteiger partial charge in [0.05, 0.1) is 22.2 Å². The highest BCUT2D eigenvalue weighted by Gasteiger charge is 2.13. The fourth-order valence-corrected chi connectivity index (χ4v) is 2.21. The molecule has 0 N–H and O–H groups in total. The number of allylic oxidation sites excluding steroid dienone is 1. The van der Waals surface area contributed by atoms with E-state index in [1.807, 2.05) is 37.4 Å². The first kappa shape index (κ1) is 18.7. The second-order valence-corrected chi connectivity index (χ2v) is 6.07. The molecule has 22 heavy (non-hydrogen) atoms. The average Bonchev–Trinajstić information content (AvgIpc) is 2.52. The summed E-state index contributed by atoms with van der Waals surface area (Å²) in [6.45, 7) is 10.8. The topological polar surface area (TPSA) is 37.7 Å². The molecule has 0 bridgehead atoms. The summed E-state index contributed by atoms with van der Waals surface area (Å²) in [7, 11) is 1.99. The number of rotatable bonds is 9. The summed E-state index contributed by atoms with van der Waals surface area (Å²) in [5.41, 5.74) is 1.70. The van der Waals surface area contributed by atoms with Gasteiger partial charge in [-0.15, -0.1) is 6.58 Å². The Kier molecular flexibility index (Phi) is 8.17. The number of hydrogen-bond acceptors (Lipinski definition) is 3. The summed E-state index contributed by atoms with van der Waals surface area (Å²) < 4.78 is 6.85. The van der Waals surface area contributed by atoms with E-state index in [0.29, 0.717) is 5.88 Å². The highest BCUT2D eigenvalue weighted by atomic mass is 79.9. The fourth-order valence-electron chi connectivity index (χ4n) is 1.81. The predicted octanol–water partition coefficient (Wildman–Crippen LogP) is 4.89. The molecule has 4 nitrogen and oxygen atoms in total. The van der Waals surface area contributed by atoms with Crippen LogP contribution in [-0.4, -0.2) is 35.9 Å². The van der Waals surface area contributed by atoms with Crippen LogP contribution in [0.25, 0.3) is 0 Å². The number of nitrogens with zero attached hydrogens (tertiary/aromatic N) is 3. The summed E-state index contributed by atoms with van der Waals surface area (Å²) in [5, 5.41) is 0. The van der Waals surface area contributed by atoms with Gasteiger partial charge in [0.1, 0.15) is 6.10 Å². The number of aryl methyl sites for hydroxylation is 1. The van der Waals surface area contributed by atoms with Gasteiger partial charge in [-0.2, -0.15) is 0 Å². The fraction of sp³-hybridized carbons (Fsp3) is 0.529. The molecule has 0 aliphatic heterocycles. The SMILES string of the molecule is C=CCCC(CC)Oc1nc(C)c(/N=C/N(C)CC)cc1Br. The summed E-state index contributed by atoms with van der Waals surface area (Å²) in [4.78, 5) is 11.0. The van der Waals surface area contributed by atoms with Crippen LogP contribution < -0.4 is 4.74 Å². The molecule has 0 fully saturated rings. The molecule has 0 radical (unpaired) electrons. The van der Waals surface area contributed by atoms with Crippen LogP contribution >= 0.6 is 15.9 Å². The molecule has 1 aromatic heterocycles. The normalized spacial score (nSPS) is 12.4. The lowest BCUT2D eigenvalue weighted by molar-refractivity contribution is 0.178. The van der Waals surface area contributed by atoms with Gasteiger partial charge in [-0.05, 0) is 55.1 Å². The molecule has 5 heteroatoms. The van der Waals surface area contributed by atoms with Crippen molar-refractivity contribution in [2.45, 2.75) is 46.1 Å². The van der Waals surface area contributed by atoms with E-state index >= 15 is 0 Å². The molecule has 0 saturated heterocycles. The van der Waals surface area contributed by atoms with Crippen molar-refractivity contribution in [1.29, 1.82) is 0 Å². The van der Waals surface area contributed by atoms with Crippen LogP contribution in [0.2, 0.25) is 0 Å². The van der Waals surface area contributed by atoms with Gasteiger partial charge in [-0.3, -0.25) is 0 Å². The van der Waals surface area contributed by atoms with Crippen LogP contribution in [0.1, 0.15) is 38.8 Å². The van der Waals surface area contributed by atoms with E-state index in [4.69, 9.17) is 4.74 Å². The molecule has 0 saturated carbocycles. The van der Waals surface area contributed by atoms with E-state index in [1.54, 1.807) is 0 Å². The smallest absolute Gasteiger partial charge is 0.228 e. The Bertz CT molecular complexity index is 517. The van der Waals surface area contributed by atoms with Crippen molar-refractivity contribution < 1.29 is 4.74 Å². The van der Waals surface area contributed by atoms with E-state index in [2.05, 4.69) is 46.3 Å². The van der Waals surface area contributed by atoms with Gasteiger partial charge in [0, 0.05) is 13.6 Å². The van der Waals surface area contributed by atoms with Crippen LogP contribution in [0.4, 0.5) is 5.69 Å². The molecule has 1 rings (SSSR count). The zero-order valence-corrected chi connectivity index (χ0v) is 15.6. The van der Waals surface area contributed by atoms with Gasteiger partial charge in [0.15, 0.2) is 0 Å². The van der Waals surface area contributed by atoms with E-state index in [9.17, 15) is 0 Å². The zero-order chi connectivity index (χ0) is 16.5. The van der Waals surface area contributed by atoms with Gasteiger partial charge in [-0.1, -0.05) is 13.0 Å². The van der Waals surface area contributed by atoms with E-state index in [1.165, 1.54) is 0 Å². The molecule has 0 aliphatic carbocycles. The van der Waals surface area contributed by atoms with Crippen LogP contribution in [0.5, 0.6) is 5.88 Å². The largest absolute Gasteiger partial charge is 0.474 e. The standard InChI is InChI=1S/C17H26BrN3O/c1-6-9-10-14(7-2)22-17-15(18)11-16(13(4)20-17)19-12-21(5)8-3/h6,11-12,14H,1,7-10H2,2-5H3/b19-12+. The van der Waals surface area contributed by atoms with Crippen molar-refractivity contribution in [3.05, 3.63) is 28.9 Å². The summed E-state index contributed by atoms with van der Waals surface area (Å²) in [6, 6.07) is 1.96. The number of hydrogen-bond donors (Lipinski definition) is 0. The van der Waals surface area contributed by atoms with Crippen LogP contribution in [0, 0.1) is 6.92 Å². The maximum absolute atomic E-state index is 6.01.